The zero-order chi connectivity index (χ0) is 22.5. The third kappa shape index (κ3) is 3.46. The summed E-state index contributed by atoms with van der Waals surface area (Å²) in [6.07, 6.45) is 0. The third-order valence-corrected chi connectivity index (χ3v) is 6.30. The smallest absolute Gasteiger partial charge is 0.272 e. The number of hydrogen-bond donors (Lipinski definition) is 1. The second-order valence-corrected chi connectivity index (χ2v) is 8.83. The largest absolute Gasteiger partial charge is 0.314 e. The van der Waals surface area contributed by atoms with Crippen molar-refractivity contribution < 1.29 is 14.5 Å². The molecule has 0 radical (unpaired) electrons. The van der Waals surface area contributed by atoms with Gasteiger partial charge in [0, 0.05) is 40.9 Å². The number of aryl methyl sites for hydroxylation is 1. The summed E-state index contributed by atoms with van der Waals surface area (Å²) in [4.78, 5) is 41.7. The molecule has 0 atom stereocenters. The number of thiazole rings is 1. The van der Waals surface area contributed by atoms with Crippen LogP contribution in [0.1, 0.15) is 35.3 Å². The molecule has 4 rings (SSSR count). The molecule has 8 nitrogen and oxygen atoms in total. The van der Waals surface area contributed by atoms with Gasteiger partial charge in [-0.3, -0.25) is 25.0 Å². The van der Waals surface area contributed by atoms with E-state index < -0.39 is 10.3 Å². The number of likely N-dealkylation sites (N-methyl/N-ethyl adjacent to an activating group) is 1. The molecule has 0 spiro atoms. The molecule has 1 aromatic heterocycles. The molecule has 0 fully saturated rings. The lowest BCUT2D eigenvalue weighted by molar-refractivity contribution is -0.385. The molecule has 1 aliphatic heterocycles. The molecule has 2 aromatic carbocycles. The van der Waals surface area contributed by atoms with Crippen molar-refractivity contribution in [2.75, 3.05) is 17.3 Å². The lowest BCUT2D eigenvalue weighted by Gasteiger charge is -2.16. The van der Waals surface area contributed by atoms with Gasteiger partial charge in [-0.05, 0) is 50.6 Å². The number of hydrogen-bond acceptors (Lipinski definition) is 6. The standard InChI is InChI=1S/C22H20N4O4S/c1-12-9-14(6-7-17(12)26(29)30)19(27)24-21-23-16(11-31-21)13-5-8-18-15(10-13)22(2,3)20(28)25(18)4/h5-11H,1-4H3,(H,23,24,27). The fourth-order valence-corrected chi connectivity index (χ4v) is 4.48. The van der Waals surface area contributed by atoms with Crippen LogP contribution in [0, 0.1) is 17.0 Å². The SMILES string of the molecule is Cc1cc(C(=O)Nc2nc(-c3ccc4c(c3)C(C)(C)C(=O)N4C)cs2)ccc1[N+](=O)[O-]. The van der Waals surface area contributed by atoms with Crippen LogP contribution in [0.15, 0.2) is 41.8 Å². The topological polar surface area (TPSA) is 105 Å². The Morgan fingerprint density at radius 3 is 2.65 bits per heavy atom. The van der Waals surface area contributed by atoms with Crippen molar-refractivity contribution in [3.63, 3.8) is 0 Å². The molecule has 9 heteroatoms. The number of carbonyl (C=O) groups is 2. The monoisotopic (exact) mass is 436 g/mol. The summed E-state index contributed by atoms with van der Waals surface area (Å²) in [5, 5.41) is 16.0. The predicted octanol–water partition coefficient (Wildman–Crippen LogP) is 4.53. The quantitative estimate of drug-likeness (QED) is 0.478. The first-order valence-electron chi connectivity index (χ1n) is 9.54. The van der Waals surface area contributed by atoms with E-state index in [4.69, 9.17) is 0 Å². The van der Waals surface area contributed by atoms with E-state index >= 15 is 0 Å². The van der Waals surface area contributed by atoms with Gasteiger partial charge in [0.2, 0.25) is 5.91 Å². The summed E-state index contributed by atoms with van der Waals surface area (Å²) in [7, 11) is 1.77. The van der Waals surface area contributed by atoms with Gasteiger partial charge in [-0.1, -0.05) is 6.07 Å². The lowest BCUT2D eigenvalue weighted by atomic mass is 9.85. The van der Waals surface area contributed by atoms with Crippen LogP contribution in [0.2, 0.25) is 0 Å². The maximum atomic E-state index is 12.5. The maximum Gasteiger partial charge on any atom is 0.272 e. The Balaban J connectivity index is 1.57. The van der Waals surface area contributed by atoms with E-state index in [2.05, 4.69) is 10.3 Å². The number of benzene rings is 2. The Hall–Kier alpha value is -3.59. The van der Waals surface area contributed by atoms with E-state index in [0.717, 1.165) is 16.8 Å². The number of nitro benzene ring substituents is 1. The zero-order valence-electron chi connectivity index (χ0n) is 17.4. The van der Waals surface area contributed by atoms with Gasteiger partial charge in [-0.25, -0.2) is 4.98 Å². The van der Waals surface area contributed by atoms with Crippen LogP contribution >= 0.6 is 11.3 Å². The van der Waals surface area contributed by atoms with Crippen molar-refractivity contribution in [3.05, 3.63) is 68.6 Å². The minimum absolute atomic E-state index is 0.0308. The highest BCUT2D eigenvalue weighted by atomic mass is 32.1. The van der Waals surface area contributed by atoms with Crippen molar-refractivity contribution in [1.82, 2.24) is 4.98 Å². The molecule has 0 bridgehead atoms. The summed E-state index contributed by atoms with van der Waals surface area (Å²) in [5.74, 6) is -0.342. The van der Waals surface area contributed by atoms with E-state index in [1.165, 1.54) is 29.5 Å². The first-order valence-corrected chi connectivity index (χ1v) is 10.4. The molecular weight excluding hydrogens is 416 g/mol. The molecule has 2 amide bonds. The summed E-state index contributed by atoms with van der Waals surface area (Å²) in [6, 6.07) is 10.0. The van der Waals surface area contributed by atoms with Crippen molar-refractivity contribution in [3.8, 4) is 11.3 Å². The van der Waals surface area contributed by atoms with Gasteiger partial charge < -0.3 is 4.90 Å². The van der Waals surface area contributed by atoms with Crippen LogP contribution in [-0.2, 0) is 10.2 Å². The highest BCUT2D eigenvalue weighted by Gasteiger charge is 2.42. The van der Waals surface area contributed by atoms with Crippen LogP contribution in [0.5, 0.6) is 0 Å². The number of nitrogens with zero attached hydrogens (tertiary/aromatic N) is 3. The van der Waals surface area contributed by atoms with E-state index in [9.17, 15) is 19.7 Å². The molecule has 0 saturated carbocycles. The summed E-state index contributed by atoms with van der Waals surface area (Å²) >= 11 is 1.29. The Kier molecular flexibility index (Phi) is 4.85. The average Bonchev–Trinajstić information content (AvgIpc) is 3.25. The summed E-state index contributed by atoms with van der Waals surface area (Å²) in [5.41, 5.74) is 3.48. The molecule has 3 aromatic rings. The molecule has 0 saturated heterocycles. The Morgan fingerprint density at radius 2 is 1.97 bits per heavy atom. The number of amides is 2. The predicted molar refractivity (Wildman–Crippen MR) is 120 cm³/mol. The first-order chi connectivity index (χ1) is 14.6. The van der Waals surface area contributed by atoms with Gasteiger partial charge >= 0.3 is 0 Å². The average molecular weight is 436 g/mol. The van der Waals surface area contributed by atoms with E-state index in [1.54, 1.807) is 18.9 Å². The van der Waals surface area contributed by atoms with E-state index in [-0.39, 0.29) is 17.5 Å². The molecular formula is C22H20N4O4S. The maximum absolute atomic E-state index is 12.5. The van der Waals surface area contributed by atoms with Crippen molar-refractivity contribution in [2.24, 2.45) is 0 Å². The van der Waals surface area contributed by atoms with Gasteiger partial charge in [0.1, 0.15) is 0 Å². The molecule has 1 aliphatic rings. The zero-order valence-corrected chi connectivity index (χ0v) is 18.2. The fourth-order valence-electron chi connectivity index (χ4n) is 3.77. The molecule has 158 valence electrons. The number of rotatable bonds is 4. The van der Waals surface area contributed by atoms with Crippen LogP contribution in [0.3, 0.4) is 0 Å². The Bertz CT molecular complexity index is 1250. The number of fused-ring (bicyclic) bond motifs is 1. The normalized spacial score (nSPS) is 14.5. The van der Waals surface area contributed by atoms with Crippen LogP contribution in [0.25, 0.3) is 11.3 Å². The van der Waals surface area contributed by atoms with Crippen molar-refractivity contribution in [2.45, 2.75) is 26.2 Å². The molecule has 1 N–H and O–H groups in total. The van der Waals surface area contributed by atoms with Crippen LogP contribution < -0.4 is 10.2 Å². The number of nitrogens with one attached hydrogen (secondary N) is 1. The van der Waals surface area contributed by atoms with Gasteiger partial charge in [0.05, 0.1) is 16.0 Å². The minimum Gasteiger partial charge on any atom is -0.314 e. The number of carbonyl (C=O) groups excluding carboxylic acids is 2. The van der Waals surface area contributed by atoms with Crippen LogP contribution in [0.4, 0.5) is 16.5 Å². The first kappa shape index (κ1) is 20.7. The highest BCUT2D eigenvalue weighted by Crippen LogP contribution is 2.42. The van der Waals surface area contributed by atoms with Gasteiger partial charge in [0.25, 0.3) is 11.6 Å². The molecule has 0 aliphatic carbocycles. The molecule has 0 unspecified atom stereocenters. The summed E-state index contributed by atoms with van der Waals surface area (Å²) < 4.78 is 0. The van der Waals surface area contributed by atoms with Gasteiger partial charge in [-0.2, -0.15) is 0 Å². The van der Waals surface area contributed by atoms with Gasteiger partial charge in [0.15, 0.2) is 5.13 Å². The highest BCUT2D eigenvalue weighted by molar-refractivity contribution is 7.14. The summed E-state index contributed by atoms with van der Waals surface area (Å²) in [6.45, 7) is 5.40. The van der Waals surface area contributed by atoms with Crippen molar-refractivity contribution in [1.29, 1.82) is 0 Å². The minimum atomic E-state index is -0.610. The number of aromatic nitrogens is 1. The Labute approximate surface area is 182 Å². The second-order valence-electron chi connectivity index (χ2n) is 7.97. The number of anilines is 2. The van der Waals surface area contributed by atoms with E-state index in [0.29, 0.717) is 22.0 Å². The van der Waals surface area contributed by atoms with Crippen molar-refractivity contribution >= 4 is 39.7 Å². The lowest BCUT2D eigenvalue weighted by Crippen LogP contribution is -2.33. The molecule has 2 heterocycles. The third-order valence-electron chi connectivity index (χ3n) is 5.55. The number of nitro groups is 1. The fraction of sp³-hybridized carbons (Fsp3) is 0.227. The van der Waals surface area contributed by atoms with Crippen LogP contribution in [-0.4, -0.2) is 28.8 Å². The Morgan fingerprint density at radius 1 is 1.23 bits per heavy atom. The molecule has 31 heavy (non-hydrogen) atoms. The van der Waals surface area contributed by atoms with E-state index in [1.807, 2.05) is 37.4 Å². The second kappa shape index (κ2) is 7.28. The van der Waals surface area contributed by atoms with Gasteiger partial charge in [-0.15, -0.1) is 11.3 Å².